The number of nitrogens with zero attached hydrogens (tertiary/aromatic N) is 3. The number of aromatic nitrogens is 1. The molecule has 0 unspecified atom stereocenters. The normalized spacial score (nSPS) is 15.2. The van der Waals surface area contributed by atoms with Crippen LogP contribution in [0.25, 0.3) is 11.5 Å². The summed E-state index contributed by atoms with van der Waals surface area (Å²) in [5, 5.41) is 0. The van der Waals surface area contributed by atoms with E-state index in [0.29, 0.717) is 23.4 Å². The van der Waals surface area contributed by atoms with Gasteiger partial charge in [-0.15, -0.1) is 0 Å². The third-order valence-electron chi connectivity index (χ3n) is 5.35. The Kier molecular flexibility index (Phi) is 6.07. The summed E-state index contributed by atoms with van der Waals surface area (Å²) in [6.45, 7) is 2.23. The number of rotatable bonds is 5. The molecule has 1 aliphatic rings. The maximum absolute atomic E-state index is 13.5. The van der Waals surface area contributed by atoms with E-state index in [0.717, 1.165) is 22.0 Å². The third-order valence-corrected chi connectivity index (χ3v) is 7.25. The van der Waals surface area contributed by atoms with E-state index in [4.69, 9.17) is 4.42 Å². The highest BCUT2D eigenvalue weighted by molar-refractivity contribution is 7.89. The zero-order chi connectivity index (χ0) is 22.9. The Morgan fingerprint density at radius 2 is 1.72 bits per heavy atom. The lowest BCUT2D eigenvalue weighted by atomic mass is 10.2. The fraction of sp³-hybridized carbons (Fsp3) is 0.273. The van der Waals surface area contributed by atoms with Gasteiger partial charge in [-0.3, -0.25) is 4.79 Å². The van der Waals surface area contributed by atoms with Crippen molar-refractivity contribution in [3.05, 3.63) is 71.6 Å². The molecule has 1 aromatic heterocycles. The molecule has 2 heterocycles. The first-order valence-corrected chi connectivity index (χ1v) is 11.4. The lowest BCUT2D eigenvalue weighted by molar-refractivity contribution is -0.131. The van der Waals surface area contributed by atoms with E-state index in [1.165, 1.54) is 0 Å². The van der Waals surface area contributed by atoms with Crippen molar-refractivity contribution in [1.29, 1.82) is 0 Å². The van der Waals surface area contributed by atoms with Crippen molar-refractivity contribution in [2.75, 3.05) is 26.2 Å². The van der Waals surface area contributed by atoms with Crippen LogP contribution in [0, 0.1) is 18.6 Å². The maximum atomic E-state index is 13.5. The van der Waals surface area contributed by atoms with Gasteiger partial charge >= 0.3 is 0 Å². The first-order chi connectivity index (χ1) is 15.3. The first-order valence-electron chi connectivity index (χ1n) is 10.0. The van der Waals surface area contributed by atoms with E-state index in [2.05, 4.69) is 4.98 Å². The number of sulfonamides is 1. The van der Waals surface area contributed by atoms with Crippen molar-refractivity contribution in [1.82, 2.24) is 14.2 Å². The second-order valence-electron chi connectivity index (χ2n) is 7.43. The molecule has 0 radical (unpaired) electrons. The van der Waals surface area contributed by atoms with Crippen LogP contribution in [0.1, 0.15) is 11.5 Å². The third kappa shape index (κ3) is 4.42. The molecule has 0 saturated carbocycles. The van der Waals surface area contributed by atoms with Gasteiger partial charge in [-0.25, -0.2) is 22.2 Å². The maximum Gasteiger partial charge on any atom is 0.243 e. The summed E-state index contributed by atoms with van der Waals surface area (Å²) in [6.07, 6.45) is 0.0398. The molecule has 0 N–H and O–H groups in total. The van der Waals surface area contributed by atoms with Gasteiger partial charge in [0, 0.05) is 31.7 Å². The van der Waals surface area contributed by atoms with Crippen molar-refractivity contribution in [3.63, 3.8) is 0 Å². The standard InChI is InChI=1S/C22H21F2N3O4S/c1-15-20(25-22(31-15)16-5-3-2-4-6-16)14-21(28)26-9-11-27(12-10-26)32(29,30)17-7-8-18(23)19(24)13-17/h2-8,13H,9-12,14H2,1H3. The predicted molar refractivity (Wildman–Crippen MR) is 112 cm³/mol. The highest BCUT2D eigenvalue weighted by atomic mass is 32.2. The first kappa shape index (κ1) is 22.1. The summed E-state index contributed by atoms with van der Waals surface area (Å²) < 4.78 is 58.9. The van der Waals surface area contributed by atoms with Crippen LogP contribution < -0.4 is 0 Å². The minimum atomic E-state index is -3.98. The fourth-order valence-electron chi connectivity index (χ4n) is 3.52. The molecule has 0 atom stereocenters. The minimum Gasteiger partial charge on any atom is -0.441 e. The Hall–Kier alpha value is -3.11. The van der Waals surface area contributed by atoms with Crippen molar-refractivity contribution in [2.45, 2.75) is 18.2 Å². The summed E-state index contributed by atoms with van der Waals surface area (Å²) in [4.78, 5) is 18.4. The number of hydrogen-bond acceptors (Lipinski definition) is 5. The molecule has 2 aromatic carbocycles. The molecule has 7 nitrogen and oxygen atoms in total. The number of oxazole rings is 1. The summed E-state index contributed by atoms with van der Waals surface area (Å²) in [5.41, 5.74) is 1.34. The van der Waals surface area contributed by atoms with Gasteiger partial charge < -0.3 is 9.32 Å². The summed E-state index contributed by atoms with van der Waals surface area (Å²) >= 11 is 0. The average Bonchev–Trinajstić information content (AvgIpc) is 3.16. The molecule has 0 spiro atoms. The molecule has 1 saturated heterocycles. The van der Waals surface area contributed by atoms with Crippen LogP contribution in [0.15, 0.2) is 57.8 Å². The van der Waals surface area contributed by atoms with Crippen LogP contribution in [0.3, 0.4) is 0 Å². The van der Waals surface area contributed by atoms with Crippen molar-refractivity contribution in [2.24, 2.45) is 0 Å². The largest absolute Gasteiger partial charge is 0.441 e. The molecule has 0 aliphatic carbocycles. The van der Waals surface area contributed by atoms with E-state index in [9.17, 15) is 22.0 Å². The van der Waals surface area contributed by atoms with Gasteiger partial charge in [0.05, 0.1) is 17.0 Å². The molecular weight excluding hydrogens is 440 g/mol. The molecule has 4 rings (SSSR count). The van der Waals surface area contributed by atoms with Crippen LogP contribution in [-0.4, -0.2) is 54.7 Å². The lowest BCUT2D eigenvalue weighted by Gasteiger charge is -2.34. The number of carbonyl (C=O) groups is 1. The number of benzene rings is 2. The zero-order valence-corrected chi connectivity index (χ0v) is 18.1. The van der Waals surface area contributed by atoms with Gasteiger partial charge in [-0.05, 0) is 37.3 Å². The van der Waals surface area contributed by atoms with Crippen LogP contribution in [0.4, 0.5) is 8.78 Å². The van der Waals surface area contributed by atoms with Gasteiger partial charge in [0.2, 0.25) is 21.8 Å². The van der Waals surface area contributed by atoms with Crippen molar-refractivity contribution >= 4 is 15.9 Å². The topological polar surface area (TPSA) is 83.7 Å². The van der Waals surface area contributed by atoms with Crippen LogP contribution in [0.2, 0.25) is 0 Å². The monoisotopic (exact) mass is 461 g/mol. The van der Waals surface area contributed by atoms with Gasteiger partial charge in [-0.2, -0.15) is 4.31 Å². The SMILES string of the molecule is Cc1oc(-c2ccccc2)nc1CC(=O)N1CCN(S(=O)(=O)c2ccc(F)c(F)c2)CC1. The van der Waals surface area contributed by atoms with Gasteiger partial charge in [-0.1, -0.05) is 18.2 Å². The minimum absolute atomic E-state index is 0.0398. The number of hydrogen-bond donors (Lipinski definition) is 0. The summed E-state index contributed by atoms with van der Waals surface area (Å²) in [5.74, 6) is -1.54. The molecule has 32 heavy (non-hydrogen) atoms. The quantitative estimate of drug-likeness (QED) is 0.583. The van der Waals surface area contributed by atoms with Gasteiger partial charge in [0.1, 0.15) is 5.76 Å². The van der Waals surface area contributed by atoms with E-state index < -0.39 is 21.7 Å². The molecular formula is C22H21F2N3O4S. The average molecular weight is 461 g/mol. The molecule has 10 heteroatoms. The van der Waals surface area contributed by atoms with Crippen molar-refractivity contribution in [3.8, 4) is 11.5 Å². The molecule has 1 amide bonds. The van der Waals surface area contributed by atoms with E-state index in [-0.39, 0.29) is 43.4 Å². The molecule has 1 fully saturated rings. The van der Waals surface area contributed by atoms with E-state index in [1.807, 2.05) is 30.3 Å². The van der Waals surface area contributed by atoms with Crippen LogP contribution in [0.5, 0.6) is 0 Å². The highest BCUT2D eigenvalue weighted by Gasteiger charge is 2.31. The van der Waals surface area contributed by atoms with Gasteiger partial charge in [0.25, 0.3) is 0 Å². The predicted octanol–water partition coefficient (Wildman–Crippen LogP) is 3.00. The number of piperazine rings is 1. The Morgan fingerprint density at radius 1 is 1.03 bits per heavy atom. The summed E-state index contributed by atoms with van der Waals surface area (Å²) in [6, 6.07) is 11.8. The Balaban J connectivity index is 1.40. The van der Waals surface area contributed by atoms with Crippen molar-refractivity contribution < 1.29 is 26.4 Å². The molecule has 168 valence electrons. The lowest BCUT2D eigenvalue weighted by Crippen LogP contribution is -2.50. The van der Waals surface area contributed by atoms with Crippen LogP contribution in [-0.2, 0) is 21.2 Å². The Morgan fingerprint density at radius 3 is 2.38 bits per heavy atom. The number of halogens is 2. The van der Waals surface area contributed by atoms with Gasteiger partial charge in [0.15, 0.2) is 11.6 Å². The van der Waals surface area contributed by atoms with E-state index >= 15 is 0 Å². The Labute approximate surface area is 184 Å². The van der Waals surface area contributed by atoms with E-state index in [1.54, 1.807) is 11.8 Å². The smallest absolute Gasteiger partial charge is 0.243 e. The highest BCUT2D eigenvalue weighted by Crippen LogP contribution is 2.23. The Bertz CT molecular complexity index is 1240. The fourth-order valence-corrected chi connectivity index (χ4v) is 4.95. The number of aryl methyl sites for hydroxylation is 1. The summed E-state index contributed by atoms with van der Waals surface area (Å²) in [7, 11) is -3.98. The van der Waals surface area contributed by atoms with Crippen LogP contribution >= 0.6 is 0 Å². The molecule has 1 aliphatic heterocycles. The number of amides is 1. The second-order valence-corrected chi connectivity index (χ2v) is 9.36. The molecule has 0 bridgehead atoms. The second kappa shape index (κ2) is 8.79. The number of carbonyl (C=O) groups excluding carboxylic acids is 1. The molecule has 3 aromatic rings. The zero-order valence-electron chi connectivity index (χ0n) is 17.3.